The first-order valence-corrected chi connectivity index (χ1v) is 8.48. The summed E-state index contributed by atoms with van der Waals surface area (Å²) in [7, 11) is 2.43. The number of ether oxygens (including phenoxy) is 3. The van der Waals surface area contributed by atoms with E-state index in [-0.39, 0.29) is 28.2 Å². The quantitative estimate of drug-likeness (QED) is 0.708. The Hall–Kier alpha value is -2.87. The molecule has 0 heterocycles. The van der Waals surface area contributed by atoms with Crippen LogP contribution in [0.1, 0.15) is 34.6 Å². The molecular formula is C19H18ClF2NO5. The lowest BCUT2D eigenvalue weighted by Gasteiger charge is -2.16. The van der Waals surface area contributed by atoms with Crippen LogP contribution < -0.4 is 14.8 Å². The molecule has 150 valence electrons. The number of amides is 1. The first-order valence-electron chi connectivity index (χ1n) is 8.10. The Morgan fingerprint density at radius 3 is 2.32 bits per heavy atom. The third-order valence-corrected chi connectivity index (χ3v) is 3.84. The lowest BCUT2D eigenvalue weighted by molar-refractivity contribution is 0.0595. The second-order valence-corrected chi connectivity index (χ2v) is 6.32. The van der Waals surface area contributed by atoms with Crippen LogP contribution in [0.15, 0.2) is 24.3 Å². The zero-order chi connectivity index (χ0) is 21.0. The van der Waals surface area contributed by atoms with E-state index in [9.17, 15) is 18.4 Å². The third kappa shape index (κ3) is 4.69. The Bertz CT molecular complexity index is 918. The molecule has 0 aliphatic carbocycles. The number of hydrogen-bond donors (Lipinski definition) is 1. The van der Waals surface area contributed by atoms with Gasteiger partial charge in [-0.25, -0.2) is 13.6 Å². The fourth-order valence-corrected chi connectivity index (χ4v) is 2.56. The standard InChI is InChI=1S/C19H18ClF2NO5/c1-9(2)28-17-12(20)5-10(6-16(17)26-3)18(24)23-15-7-11(19(25)27-4)13(21)8-14(15)22/h5-9H,1-4H3,(H,23,24). The first kappa shape index (κ1) is 21.4. The van der Waals surface area contributed by atoms with Crippen LogP contribution in [0.25, 0.3) is 0 Å². The fraction of sp³-hybridized carbons (Fsp3) is 0.263. The average Bonchev–Trinajstić information content (AvgIpc) is 2.64. The van der Waals surface area contributed by atoms with Gasteiger partial charge in [0, 0.05) is 11.6 Å². The average molecular weight is 414 g/mol. The molecule has 0 atom stereocenters. The van der Waals surface area contributed by atoms with Crippen molar-refractivity contribution in [1.29, 1.82) is 0 Å². The summed E-state index contributed by atoms with van der Waals surface area (Å²) in [6.07, 6.45) is -0.184. The smallest absolute Gasteiger partial charge is 0.340 e. The molecule has 1 N–H and O–H groups in total. The molecule has 0 bridgehead atoms. The predicted octanol–water partition coefficient (Wildman–Crippen LogP) is 4.45. The highest BCUT2D eigenvalue weighted by Crippen LogP contribution is 2.37. The number of carbonyl (C=O) groups excluding carboxylic acids is 2. The first-order chi connectivity index (χ1) is 13.2. The summed E-state index contributed by atoms with van der Waals surface area (Å²) in [5.74, 6) is -3.46. The van der Waals surface area contributed by atoms with Gasteiger partial charge in [-0.15, -0.1) is 0 Å². The van der Waals surface area contributed by atoms with Gasteiger partial charge in [0.1, 0.15) is 11.6 Å². The molecule has 0 fully saturated rings. The van der Waals surface area contributed by atoms with E-state index in [1.54, 1.807) is 13.8 Å². The monoisotopic (exact) mass is 413 g/mol. The van der Waals surface area contributed by atoms with Crippen molar-refractivity contribution in [2.24, 2.45) is 0 Å². The zero-order valence-corrected chi connectivity index (χ0v) is 16.3. The Balaban J connectivity index is 2.38. The summed E-state index contributed by atoms with van der Waals surface area (Å²) in [5.41, 5.74) is -0.874. The molecule has 0 radical (unpaired) electrons. The van der Waals surface area contributed by atoms with Gasteiger partial charge in [-0.2, -0.15) is 0 Å². The highest BCUT2D eigenvalue weighted by atomic mass is 35.5. The molecule has 0 saturated carbocycles. The van der Waals surface area contributed by atoms with Gasteiger partial charge >= 0.3 is 5.97 Å². The summed E-state index contributed by atoms with van der Waals surface area (Å²) in [6.45, 7) is 3.60. The second-order valence-electron chi connectivity index (χ2n) is 5.91. The maximum absolute atomic E-state index is 14.0. The van der Waals surface area contributed by atoms with E-state index in [1.165, 1.54) is 19.2 Å². The van der Waals surface area contributed by atoms with Crippen molar-refractivity contribution < 1.29 is 32.6 Å². The number of methoxy groups -OCH3 is 2. The normalized spacial score (nSPS) is 10.6. The molecule has 0 spiro atoms. The number of esters is 1. The Morgan fingerprint density at radius 2 is 1.75 bits per heavy atom. The summed E-state index contributed by atoms with van der Waals surface area (Å²) in [4.78, 5) is 24.1. The SMILES string of the molecule is COC(=O)c1cc(NC(=O)c2cc(Cl)c(OC(C)C)c(OC)c2)c(F)cc1F. The Kier molecular flexibility index (Phi) is 6.80. The number of halogens is 3. The molecule has 0 aliphatic rings. The van der Waals surface area contributed by atoms with Gasteiger partial charge in [0.05, 0.1) is 36.6 Å². The minimum absolute atomic E-state index is 0.0429. The van der Waals surface area contributed by atoms with E-state index >= 15 is 0 Å². The minimum Gasteiger partial charge on any atom is -0.493 e. The third-order valence-electron chi connectivity index (χ3n) is 3.56. The summed E-state index contributed by atoms with van der Waals surface area (Å²) in [6, 6.07) is 4.01. The minimum atomic E-state index is -1.11. The van der Waals surface area contributed by atoms with Crippen LogP contribution in [0.3, 0.4) is 0 Å². The lowest BCUT2D eigenvalue weighted by Crippen LogP contribution is -2.15. The molecule has 2 aromatic carbocycles. The molecule has 0 unspecified atom stereocenters. The topological polar surface area (TPSA) is 73.9 Å². The molecule has 2 rings (SSSR count). The van der Waals surface area contributed by atoms with Crippen molar-refractivity contribution in [3.05, 3.63) is 52.0 Å². The molecule has 0 aliphatic heterocycles. The zero-order valence-electron chi connectivity index (χ0n) is 15.6. The van der Waals surface area contributed by atoms with Gasteiger partial charge in [0.15, 0.2) is 11.5 Å². The van der Waals surface area contributed by atoms with Crippen LogP contribution in [0.2, 0.25) is 5.02 Å². The lowest BCUT2D eigenvalue weighted by atomic mass is 10.1. The van der Waals surface area contributed by atoms with E-state index in [2.05, 4.69) is 10.1 Å². The molecular weight excluding hydrogens is 396 g/mol. The fourth-order valence-electron chi connectivity index (χ4n) is 2.31. The van der Waals surface area contributed by atoms with Gasteiger partial charge in [-0.1, -0.05) is 11.6 Å². The van der Waals surface area contributed by atoms with Crippen molar-refractivity contribution in [3.8, 4) is 11.5 Å². The van der Waals surface area contributed by atoms with E-state index in [1.807, 2.05) is 0 Å². The van der Waals surface area contributed by atoms with Crippen LogP contribution in [-0.2, 0) is 4.74 Å². The van der Waals surface area contributed by atoms with E-state index in [0.29, 0.717) is 6.07 Å². The summed E-state index contributed by atoms with van der Waals surface area (Å²) >= 11 is 6.17. The van der Waals surface area contributed by atoms with Gasteiger partial charge < -0.3 is 19.5 Å². The molecule has 0 saturated heterocycles. The highest BCUT2D eigenvalue weighted by molar-refractivity contribution is 6.32. The number of nitrogens with one attached hydrogen (secondary N) is 1. The number of benzene rings is 2. The summed E-state index contributed by atoms with van der Waals surface area (Å²) in [5, 5.41) is 2.39. The van der Waals surface area contributed by atoms with Crippen molar-refractivity contribution >= 4 is 29.2 Å². The van der Waals surface area contributed by atoms with Crippen LogP contribution in [0.4, 0.5) is 14.5 Å². The van der Waals surface area contributed by atoms with Crippen LogP contribution >= 0.6 is 11.6 Å². The number of anilines is 1. The molecule has 28 heavy (non-hydrogen) atoms. The van der Waals surface area contributed by atoms with Crippen molar-refractivity contribution in [1.82, 2.24) is 0 Å². The number of carbonyl (C=O) groups is 2. The van der Waals surface area contributed by atoms with Crippen molar-refractivity contribution in [3.63, 3.8) is 0 Å². The van der Waals surface area contributed by atoms with Gasteiger partial charge in [-0.05, 0) is 32.0 Å². The number of rotatable bonds is 6. The highest BCUT2D eigenvalue weighted by Gasteiger charge is 2.20. The van der Waals surface area contributed by atoms with Gasteiger partial charge in [-0.3, -0.25) is 4.79 Å². The van der Waals surface area contributed by atoms with E-state index in [4.69, 9.17) is 21.1 Å². The second kappa shape index (κ2) is 8.88. The molecule has 1 amide bonds. The molecule has 2 aromatic rings. The number of hydrogen-bond acceptors (Lipinski definition) is 5. The Labute approximate surface area is 165 Å². The Morgan fingerprint density at radius 1 is 1.07 bits per heavy atom. The van der Waals surface area contributed by atoms with Crippen molar-refractivity contribution in [2.45, 2.75) is 20.0 Å². The predicted molar refractivity (Wildman–Crippen MR) is 99.4 cm³/mol. The maximum Gasteiger partial charge on any atom is 0.340 e. The van der Waals surface area contributed by atoms with Crippen LogP contribution in [0.5, 0.6) is 11.5 Å². The van der Waals surface area contributed by atoms with Crippen LogP contribution in [-0.4, -0.2) is 32.2 Å². The van der Waals surface area contributed by atoms with Crippen LogP contribution in [0, 0.1) is 11.6 Å². The van der Waals surface area contributed by atoms with Gasteiger partial charge in [0.25, 0.3) is 5.91 Å². The molecule has 9 heteroatoms. The summed E-state index contributed by atoms with van der Waals surface area (Å²) < 4.78 is 42.9. The molecule has 6 nitrogen and oxygen atoms in total. The van der Waals surface area contributed by atoms with E-state index < -0.39 is 34.8 Å². The van der Waals surface area contributed by atoms with Crippen molar-refractivity contribution in [2.75, 3.05) is 19.5 Å². The maximum atomic E-state index is 14.0. The molecule has 0 aromatic heterocycles. The largest absolute Gasteiger partial charge is 0.493 e. The van der Waals surface area contributed by atoms with E-state index in [0.717, 1.165) is 13.2 Å². The van der Waals surface area contributed by atoms with Gasteiger partial charge in [0.2, 0.25) is 0 Å².